The van der Waals surface area contributed by atoms with Crippen LogP contribution in [0.25, 0.3) is 11.0 Å². The molecule has 0 aliphatic carbocycles. The molecule has 114 valence electrons. The van der Waals surface area contributed by atoms with Crippen molar-refractivity contribution in [2.24, 2.45) is 0 Å². The third kappa shape index (κ3) is 2.79. The minimum atomic E-state index is -2.83. The lowest BCUT2D eigenvalue weighted by atomic mass is 10.1. The van der Waals surface area contributed by atoms with Gasteiger partial charge < -0.3 is 9.30 Å². The van der Waals surface area contributed by atoms with Gasteiger partial charge in [-0.3, -0.25) is 0 Å². The molecule has 0 aliphatic heterocycles. The second kappa shape index (κ2) is 5.75. The summed E-state index contributed by atoms with van der Waals surface area (Å²) >= 11 is 0. The number of hydrogen-bond donors (Lipinski definition) is 0. The van der Waals surface area contributed by atoms with E-state index in [1.54, 1.807) is 24.5 Å². The Bertz CT molecular complexity index is 812. The van der Waals surface area contributed by atoms with E-state index in [1.807, 2.05) is 30.5 Å². The number of para-hydroxylation sites is 1. The molecule has 0 aliphatic rings. The van der Waals surface area contributed by atoms with Crippen molar-refractivity contribution in [3.05, 3.63) is 59.4 Å². The van der Waals surface area contributed by atoms with Crippen LogP contribution in [0.5, 0.6) is 5.75 Å². The number of ether oxygens (including phenoxy) is 1. The fourth-order valence-electron chi connectivity index (χ4n) is 2.47. The quantitative estimate of drug-likeness (QED) is 0.718. The molecule has 0 N–H and O–H groups in total. The van der Waals surface area contributed by atoms with Crippen molar-refractivity contribution >= 4 is 11.0 Å². The number of halogens is 2. The third-order valence-corrected chi connectivity index (χ3v) is 3.77. The van der Waals surface area contributed by atoms with Gasteiger partial charge in [-0.05, 0) is 43.2 Å². The summed E-state index contributed by atoms with van der Waals surface area (Å²) in [4.78, 5) is 4.38. The van der Waals surface area contributed by atoms with Crippen molar-refractivity contribution in [1.82, 2.24) is 9.55 Å². The van der Waals surface area contributed by atoms with Crippen molar-refractivity contribution in [2.75, 3.05) is 0 Å². The van der Waals surface area contributed by atoms with Crippen LogP contribution in [0, 0.1) is 13.8 Å². The van der Waals surface area contributed by atoms with Gasteiger partial charge in [0.1, 0.15) is 5.75 Å². The molecule has 1 heterocycles. The van der Waals surface area contributed by atoms with E-state index in [1.165, 1.54) is 11.1 Å². The summed E-state index contributed by atoms with van der Waals surface area (Å²) in [5.74, 6) is 0.197. The first kappa shape index (κ1) is 14.5. The van der Waals surface area contributed by atoms with Crippen LogP contribution in [-0.2, 0) is 6.54 Å². The topological polar surface area (TPSA) is 27.1 Å². The summed E-state index contributed by atoms with van der Waals surface area (Å²) in [5.41, 5.74) is 4.93. The monoisotopic (exact) mass is 302 g/mol. The zero-order valence-corrected chi connectivity index (χ0v) is 12.4. The summed E-state index contributed by atoms with van der Waals surface area (Å²) < 4.78 is 31.5. The highest BCUT2D eigenvalue weighted by Gasteiger charge is 2.11. The lowest BCUT2D eigenvalue weighted by Crippen LogP contribution is -2.06. The van der Waals surface area contributed by atoms with Gasteiger partial charge in [0, 0.05) is 5.56 Å². The van der Waals surface area contributed by atoms with Gasteiger partial charge >= 0.3 is 6.61 Å². The molecule has 0 spiro atoms. The minimum Gasteiger partial charge on any atom is -0.434 e. The summed E-state index contributed by atoms with van der Waals surface area (Å²) in [6.07, 6.45) is 1.72. The molecule has 2 aromatic carbocycles. The van der Waals surface area contributed by atoms with Crippen molar-refractivity contribution in [1.29, 1.82) is 0 Å². The van der Waals surface area contributed by atoms with Crippen molar-refractivity contribution < 1.29 is 13.5 Å². The third-order valence-electron chi connectivity index (χ3n) is 3.77. The normalized spacial score (nSPS) is 11.3. The lowest BCUT2D eigenvalue weighted by molar-refractivity contribution is -0.0504. The number of aromatic nitrogens is 2. The Morgan fingerprint density at radius 3 is 2.64 bits per heavy atom. The van der Waals surface area contributed by atoms with Gasteiger partial charge in [-0.1, -0.05) is 18.2 Å². The molecular weight excluding hydrogens is 286 g/mol. The Morgan fingerprint density at radius 2 is 1.86 bits per heavy atom. The SMILES string of the molecule is Cc1cc2ncn(Cc3ccccc3OC(F)F)c2cc1C. The standard InChI is InChI=1S/C17H16F2N2O/c1-11-7-14-15(8-12(11)2)21(10-20-14)9-13-5-3-4-6-16(13)22-17(18)19/h3-8,10,17H,9H2,1-2H3. The van der Waals surface area contributed by atoms with Gasteiger partial charge in [-0.15, -0.1) is 0 Å². The number of rotatable bonds is 4. The molecule has 0 atom stereocenters. The predicted molar refractivity (Wildman–Crippen MR) is 81.4 cm³/mol. The maximum absolute atomic E-state index is 12.5. The van der Waals surface area contributed by atoms with E-state index >= 15 is 0 Å². The number of benzene rings is 2. The fourth-order valence-corrected chi connectivity index (χ4v) is 2.47. The van der Waals surface area contributed by atoms with Crippen molar-refractivity contribution in [3.63, 3.8) is 0 Å². The highest BCUT2D eigenvalue weighted by Crippen LogP contribution is 2.24. The second-order valence-electron chi connectivity index (χ2n) is 5.28. The highest BCUT2D eigenvalue weighted by atomic mass is 19.3. The Kier molecular flexibility index (Phi) is 3.79. The van der Waals surface area contributed by atoms with Gasteiger partial charge in [0.2, 0.25) is 0 Å². The van der Waals surface area contributed by atoms with E-state index in [9.17, 15) is 8.78 Å². The van der Waals surface area contributed by atoms with Crippen LogP contribution in [0.4, 0.5) is 8.78 Å². The van der Waals surface area contributed by atoms with E-state index in [0.29, 0.717) is 12.1 Å². The first-order valence-electron chi connectivity index (χ1n) is 6.99. The largest absolute Gasteiger partial charge is 0.434 e. The molecule has 3 aromatic rings. The molecule has 22 heavy (non-hydrogen) atoms. The number of hydrogen-bond acceptors (Lipinski definition) is 2. The van der Waals surface area contributed by atoms with E-state index in [4.69, 9.17) is 0 Å². The van der Waals surface area contributed by atoms with Crippen molar-refractivity contribution in [2.45, 2.75) is 27.0 Å². The molecule has 0 radical (unpaired) electrons. The lowest BCUT2D eigenvalue weighted by Gasteiger charge is -2.12. The number of nitrogens with zero attached hydrogens (tertiary/aromatic N) is 2. The zero-order chi connectivity index (χ0) is 15.7. The molecule has 0 saturated carbocycles. The van der Waals surface area contributed by atoms with E-state index in [-0.39, 0.29) is 5.75 Å². The average Bonchev–Trinajstić information content (AvgIpc) is 2.83. The molecule has 3 nitrogen and oxygen atoms in total. The molecule has 0 fully saturated rings. The summed E-state index contributed by atoms with van der Waals surface area (Å²) in [5, 5.41) is 0. The second-order valence-corrected chi connectivity index (χ2v) is 5.28. The predicted octanol–water partition coefficient (Wildman–Crippen LogP) is 4.30. The first-order valence-corrected chi connectivity index (χ1v) is 6.99. The smallest absolute Gasteiger partial charge is 0.387 e. The van der Waals surface area contributed by atoms with Gasteiger partial charge in [0.15, 0.2) is 0 Å². The molecule has 0 amide bonds. The van der Waals surface area contributed by atoms with Crippen LogP contribution in [0.15, 0.2) is 42.7 Å². The van der Waals surface area contributed by atoms with Crippen LogP contribution in [0.2, 0.25) is 0 Å². The van der Waals surface area contributed by atoms with Crippen LogP contribution >= 0.6 is 0 Å². The molecule has 0 bridgehead atoms. The number of fused-ring (bicyclic) bond motifs is 1. The molecule has 0 unspecified atom stereocenters. The zero-order valence-electron chi connectivity index (χ0n) is 12.4. The number of imidazole rings is 1. The molecule has 1 aromatic heterocycles. The Balaban J connectivity index is 1.99. The minimum absolute atomic E-state index is 0.197. The Hall–Kier alpha value is -2.43. The molecule has 5 heteroatoms. The summed E-state index contributed by atoms with van der Waals surface area (Å²) in [7, 11) is 0. The van der Waals surface area contributed by atoms with Gasteiger partial charge in [-0.2, -0.15) is 8.78 Å². The van der Waals surface area contributed by atoms with Crippen LogP contribution < -0.4 is 4.74 Å². The fraction of sp³-hybridized carbons (Fsp3) is 0.235. The Labute approximate surface area is 127 Å². The van der Waals surface area contributed by atoms with E-state index < -0.39 is 6.61 Å². The summed E-state index contributed by atoms with van der Waals surface area (Å²) in [6, 6.07) is 10.9. The maximum Gasteiger partial charge on any atom is 0.387 e. The van der Waals surface area contributed by atoms with Gasteiger partial charge in [-0.25, -0.2) is 4.98 Å². The molecular formula is C17H16F2N2O. The number of aryl methyl sites for hydroxylation is 2. The van der Waals surface area contributed by atoms with Gasteiger partial charge in [0.05, 0.1) is 23.9 Å². The van der Waals surface area contributed by atoms with E-state index in [2.05, 4.69) is 15.8 Å². The number of alkyl halides is 2. The van der Waals surface area contributed by atoms with Gasteiger partial charge in [0.25, 0.3) is 0 Å². The maximum atomic E-state index is 12.5. The van der Waals surface area contributed by atoms with Crippen LogP contribution in [-0.4, -0.2) is 16.2 Å². The molecule has 0 saturated heterocycles. The van der Waals surface area contributed by atoms with Crippen molar-refractivity contribution in [3.8, 4) is 5.75 Å². The van der Waals surface area contributed by atoms with Crippen LogP contribution in [0.3, 0.4) is 0 Å². The molecule has 3 rings (SSSR count). The first-order chi connectivity index (χ1) is 10.5. The summed E-state index contributed by atoms with van der Waals surface area (Å²) in [6.45, 7) is 1.69. The average molecular weight is 302 g/mol. The Morgan fingerprint density at radius 1 is 1.14 bits per heavy atom. The highest BCUT2D eigenvalue weighted by molar-refractivity contribution is 5.77. The van der Waals surface area contributed by atoms with Crippen LogP contribution in [0.1, 0.15) is 16.7 Å². The van der Waals surface area contributed by atoms with E-state index in [0.717, 1.165) is 11.0 Å².